The van der Waals surface area contributed by atoms with Crippen molar-refractivity contribution in [3.05, 3.63) is 41.7 Å². The van der Waals surface area contributed by atoms with E-state index < -0.39 is 0 Å². The first-order valence-electron chi connectivity index (χ1n) is 3.47. The Balaban J connectivity index is 0.00000121. The molecule has 1 rings (SSSR count). The van der Waals surface area contributed by atoms with E-state index >= 15 is 0 Å². The molecule has 1 aromatic rings. The molecule has 1 heterocycles. The van der Waals surface area contributed by atoms with Crippen LogP contribution >= 0.6 is 11.6 Å². The maximum atomic E-state index is 5.65. The van der Waals surface area contributed by atoms with Crippen LogP contribution < -0.4 is 17.0 Å². The molecule has 0 atom stereocenters. The molecule has 1 aromatic heterocycles. The third-order valence-electron chi connectivity index (χ3n) is 1.36. The number of allylic oxidation sites excluding steroid dienone is 1. The molecule has 0 saturated heterocycles. The summed E-state index contributed by atoms with van der Waals surface area (Å²) in [6.45, 7) is 6.36. The number of rotatable bonds is 2. The van der Waals surface area contributed by atoms with Crippen molar-refractivity contribution in [3.8, 4) is 0 Å². The second-order valence-electron chi connectivity index (χ2n) is 2.57. The van der Waals surface area contributed by atoms with Gasteiger partial charge in [-0.2, -0.15) is 4.57 Å². The van der Waals surface area contributed by atoms with Gasteiger partial charge in [0.1, 0.15) is 0 Å². The van der Waals surface area contributed by atoms with Crippen molar-refractivity contribution in [2.24, 2.45) is 0 Å². The number of aromatic nitrogens is 1. The molecule has 0 aliphatic heterocycles. The van der Waals surface area contributed by atoms with Crippen molar-refractivity contribution in [1.29, 1.82) is 0 Å². The second kappa shape index (κ2) is 5.18. The smallest absolute Gasteiger partial charge is 0.183 e. The average Bonchev–Trinajstić information content (AvgIpc) is 1.85. The van der Waals surface area contributed by atoms with E-state index in [-0.39, 0.29) is 12.4 Å². The molecule has 66 valence electrons. The highest BCUT2D eigenvalue weighted by molar-refractivity contribution is 6.29. The molecule has 0 radical (unpaired) electrons. The van der Waals surface area contributed by atoms with Crippen LogP contribution in [-0.4, -0.2) is 0 Å². The van der Waals surface area contributed by atoms with E-state index in [4.69, 9.17) is 11.6 Å². The number of hydrogen-bond donors (Lipinski definition) is 0. The van der Waals surface area contributed by atoms with Crippen LogP contribution in [0.3, 0.4) is 0 Å². The van der Waals surface area contributed by atoms with Gasteiger partial charge in [0.05, 0.1) is 5.03 Å². The lowest BCUT2D eigenvalue weighted by atomic mass is 10.3. The fourth-order valence-electron chi connectivity index (χ4n) is 0.949. The molecule has 0 aliphatic carbocycles. The van der Waals surface area contributed by atoms with E-state index in [1.165, 1.54) is 5.56 Å². The number of aryl methyl sites for hydroxylation is 1. The number of pyridine rings is 1. The van der Waals surface area contributed by atoms with Crippen LogP contribution in [0.4, 0.5) is 0 Å². The Bertz CT molecular complexity index is 271. The molecule has 0 N–H and O–H groups in total. The van der Waals surface area contributed by atoms with Gasteiger partial charge in [0.25, 0.3) is 0 Å². The van der Waals surface area contributed by atoms with Gasteiger partial charge in [0.15, 0.2) is 18.9 Å². The highest BCUT2D eigenvalue weighted by Gasteiger charge is 1.99. The minimum Gasteiger partial charge on any atom is -1.00 e. The normalized spacial score (nSPS) is 8.83. The number of nitrogens with zero attached hydrogens (tertiary/aromatic N) is 1. The van der Waals surface area contributed by atoms with Crippen LogP contribution in [-0.2, 0) is 6.54 Å². The van der Waals surface area contributed by atoms with Crippen molar-refractivity contribution < 1.29 is 17.0 Å². The second-order valence-corrected chi connectivity index (χ2v) is 3.11. The van der Waals surface area contributed by atoms with E-state index in [0.29, 0.717) is 11.6 Å². The standard InChI is InChI=1S/C9H11ClN.ClH/c1-8-4-3-5-11(6-8)7-9(2)10;/h3-6H,2,7H2,1H3;1H/q+1;/p-1. The Morgan fingerprint density at radius 3 is 2.83 bits per heavy atom. The summed E-state index contributed by atoms with van der Waals surface area (Å²) >= 11 is 5.65. The Hall–Kier alpha value is -0.530. The highest BCUT2D eigenvalue weighted by atomic mass is 35.5. The summed E-state index contributed by atoms with van der Waals surface area (Å²) < 4.78 is 2.00. The first-order valence-corrected chi connectivity index (χ1v) is 3.85. The van der Waals surface area contributed by atoms with Crippen molar-refractivity contribution in [1.82, 2.24) is 0 Å². The number of halogens is 2. The highest BCUT2D eigenvalue weighted by Crippen LogP contribution is 1.96. The number of hydrogen-bond acceptors (Lipinski definition) is 0. The lowest BCUT2D eigenvalue weighted by molar-refractivity contribution is -0.688. The summed E-state index contributed by atoms with van der Waals surface area (Å²) in [5.41, 5.74) is 1.23. The van der Waals surface area contributed by atoms with Gasteiger partial charge in [-0.05, 0) is 13.0 Å². The van der Waals surface area contributed by atoms with Gasteiger partial charge in [-0.15, -0.1) is 0 Å². The third kappa shape index (κ3) is 3.74. The predicted octanol–water partition coefficient (Wildman–Crippen LogP) is -0.961. The third-order valence-corrected chi connectivity index (χ3v) is 1.48. The molecule has 0 aliphatic rings. The van der Waals surface area contributed by atoms with Gasteiger partial charge in [-0.1, -0.05) is 18.2 Å². The molecule has 0 fully saturated rings. The van der Waals surface area contributed by atoms with E-state index in [9.17, 15) is 0 Å². The molecule has 0 aromatic carbocycles. The average molecular weight is 204 g/mol. The van der Waals surface area contributed by atoms with Gasteiger partial charge in [0, 0.05) is 11.6 Å². The van der Waals surface area contributed by atoms with Crippen molar-refractivity contribution in [2.45, 2.75) is 13.5 Å². The van der Waals surface area contributed by atoms with Crippen LogP contribution in [0.2, 0.25) is 0 Å². The van der Waals surface area contributed by atoms with E-state index in [0.717, 1.165) is 0 Å². The minimum absolute atomic E-state index is 0. The van der Waals surface area contributed by atoms with Gasteiger partial charge in [-0.3, -0.25) is 0 Å². The zero-order valence-corrected chi connectivity index (χ0v) is 8.44. The van der Waals surface area contributed by atoms with E-state index in [1.807, 2.05) is 36.0 Å². The SMILES string of the molecule is C=C(Cl)C[n+]1cccc(C)c1.[Cl-]. The van der Waals surface area contributed by atoms with Crippen LogP contribution in [0.25, 0.3) is 0 Å². The summed E-state index contributed by atoms with van der Waals surface area (Å²) in [7, 11) is 0. The first-order chi connectivity index (χ1) is 5.18. The van der Waals surface area contributed by atoms with Crippen molar-refractivity contribution in [2.75, 3.05) is 0 Å². The molecule has 3 heteroatoms. The van der Waals surface area contributed by atoms with Gasteiger partial charge in [0.2, 0.25) is 0 Å². The largest absolute Gasteiger partial charge is 1.00 e. The summed E-state index contributed by atoms with van der Waals surface area (Å²) in [6.07, 6.45) is 4.01. The first kappa shape index (κ1) is 11.5. The summed E-state index contributed by atoms with van der Waals surface area (Å²) in [5, 5.41) is 0.653. The molecule has 1 nitrogen and oxygen atoms in total. The molecule has 0 amide bonds. The van der Waals surface area contributed by atoms with Crippen LogP contribution in [0.5, 0.6) is 0 Å². The lowest BCUT2D eigenvalue weighted by Gasteiger charge is -1.94. The van der Waals surface area contributed by atoms with Crippen molar-refractivity contribution in [3.63, 3.8) is 0 Å². The zero-order chi connectivity index (χ0) is 8.27. The lowest BCUT2D eigenvalue weighted by Crippen LogP contribution is -3.00. The monoisotopic (exact) mass is 203 g/mol. The predicted molar refractivity (Wildman–Crippen MR) is 46.4 cm³/mol. The Morgan fingerprint density at radius 2 is 2.33 bits per heavy atom. The van der Waals surface area contributed by atoms with Crippen molar-refractivity contribution >= 4 is 11.6 Å². The van der Waals surface area contributed by atoms with Crippen LogP contribution in [0.15, 0.2) is 36.1 Å². The fourth-order valence-corrected chi connectivity index (χ4v) is 1.09. The molecule has 0 spiro atoms. The summed E-state index contributed by atoms with van der Waals surface area (Å²) in [6, 6.07) is 4.04. The van der Waals surface area contributed by atoms with Crippen LogP contribution in [0, 0.1) is 6.92 Å². The molecule has 12 heavy (non-hydrogen) atoms. The van der Waals surface area contributed by atoms with Crippen LogP contribution in [0.1, 0.15) is 5.56 Å². The minimum atomic E-state index is 0. The fraction of sp³-hybridized carbons (Fsp3) is 0.222. The van der Waals surface area contributed by atoms with Gasteiger partial charge >= 0.3 is 0 Å². The van der Waals surface area contributed by atoms with E-state index in [2.05, 4.69) is 6.58 Å². The van der Waals surface area contributed by atoms with Gasteiger partial charge < -0.3 is 12.4 Å². The Morgan fingerprint density at radius 1 is 1.67 bits per heavy atom. The maximum absolute atomic E-state index is 5.65. The van der Waals surface area contributed by atoms with E-state index in [1.54, 1.807) is 0 Å². The summed E-state index contributed by atoms with van der Waals surface area (Å²) in [4.78, 5) is 0. The molecular weight excluding hydrogens is 193 g/mol. The summed E-state index contributed by atoms with van der Waals surface area (Å²) in [5.74, 6) is 0. The molecule has 0 saturated carbocycles. The quantitative estimate of drug-likeness (QED) is 0.546. The zero-order valence-electron chi connectivity index (χ0n) is 6.93. The molecule has 0 bridgehead atoms. The Labute approximate surface area is 84.1 Å². The maximum Gasteiger partial charge on any atom is 0.183 e. The topological polar surface area (TPSA) is 3.88 Å². The molecular formula is C9H11Cl2N. The Kier molecular flexibility index (Phi) is 4.95. The van der Waals surface area contributed by atoms with Gasteiger partial charge in [-0.25, -0.2) is 0 Å². The molecule has 0 unspecified atom stereocenters.